The molecule has 10 heavy (non-hydrogen) atoms. The molecular formula is C8H14O2. The molecule has 2 bridgehead atoms. The highest BCUT2D eigenvalue weighted by Gasteiger charge is 2.54. The molecule has 2 heteroatoms. The molecule has 0 aromatic heterocycles. The van der Waals surface area contributed by atoms with E-state index in [1.54, 1.807) is 0 Å². The van der Waals surface area contributed by atoms with Crippen LogP contribution < -0.4 is 0 Å². The van der Waals surface area contributed by atoms with Crippen molar-refractivity contribution >= 4 is 0 Å². The highest BCUT2D eigenvalue weighted by molar-refractivity contribution is 5.01. The van der Waals surface area contributed by atoms with Gasteiger partial charge in [0.2, 0.25) is 0 Å². The van der Waals surface area contributed by atoms with Crippen LogP contribution >= 0.6 is 0 Å². The van der Waals surface area contributed by atoms with E-state index in [0.717, 1.165) is 6.61 Å². The Morgan fingerprint density at radius 2 is 2.10 bits per heavy atom. The Bertz CT molecular complexity index is 157. The van der Waals surface area contributed by atoms with Crippen LogP contribution in [0.2, 0.25) is 0 Å². The summed E-state index contributed by atoms with van der Waals surface area (Å²) >= 11 is 0. The summed E-state index contributed by atoms with van der Waals surface area (Å²) in [6.07, 6.45) is 0.652. The van der Waals surface area contributed by atoms with E-state index in [-0.39, 0.29) is 5.60 Å². The number of fused-ring (bicyclic) bond motifs is 2. The van der Waals surface area contributed by atoms with Crippen molar-refractivity contribution < 1.29 is 9.47 Å². The standard InChI is InChI=1S/C8H14O2/c1-5-7-6(2)10-8(5,3)4-9-7/h5-7H,4H2,1-3H3. The molecule has 0 aromatic carbocycles. The Morgan fingerprint density at radius 1 is 1.40 bits per heavy atom. The smallest absolute Gasteiger partial charge is 0.0942 e. The first-order valence-electron chi connectivity index (χ1n) is 3.93. The summed E-state index contributed by atoms with van der Waals surface area (Å²) in [6, 6.07) is 0. The summed E-state index contributed by atoms with van der Waals surface area (Å²) in [6.45, 7) is 7.22. The Kier molecular flexibility index (Phi) is 1.15. The third-order valence-corrected chi connectivity index (χ3v) is 2.94. The summed E-state index contributed by atoms with van der Waals surface area (Å²) in [7, 11) is 0. The van der Waals surface area contributed by atoms with Gasteiger partial charge in [-0.3, -0.25) is 0 Å². The summed E-state index contributed by atoms with van der Waals surface area (Å²) in [4.78, 5) is 0. The molecule has 0 N–H and O–H groups in total. The van der Waals surface area contributed by atoms with Gasteiger partial charge in [-0.05, 0) is 13.8 Å². The van der Waals surface area contributed by atoms with Crippen molar-refractivity contribution in [3.63, 3.8) is 0 Å². The fraction of sp³-hybridized carbons (Fsp3) is 1.00. The number of ether oxygens (including phenoxy) is 2. The highest BCUT2D eigenvalue weighted by Crippen LogP contribution is 2.43. The van der Waals surface area contributed by atoms with Crippen LogP contribution in [0, 0.1) is 5.92 Å². The first-order chi connectivity index (χ1) is 4.63. The molecule has 0 saturated carbocycles. The van der Waals surface area contributed by atoms with Crippen LogP contribution in [0.4, 0.5) is 0 Å². The lowest BCUT2D eigenvalue weighted by Crippen LogP contribution is -2.33. The summed E-state index contributed by atoms with van der Waals surface area (Å²) < 4.78 is 11.3. The average Bonchev–Trinajstić information content (AvgIpc) is 2.20. The van der Waals surface area contributed by atoms with Crippen molar-refractivity contribution in [3.8, 4) is 0 Å². The van der Waals surface area contributed by atoms with Gasteiger partial charge >= 0.3 is 0 Å². The van der Waals surface area contributed by atoms with Crippen molar-refractivity contribution in [3.05, 3.63) is 0 Å². The third kappa shape index (κ3) is 0.611. The molecule has 2 aliphatic rings. The first kappa shape index (κ1) is 6.62. The van der Waals surface area contributed by atoms with E-state index in [0.29, 0.717) is 18.1 Å². The molecule has 2 rings (SSSR count). The van der Waals surface area contributed by atoms with Gasteiger partial charge in [0.05, 0.1) is 24.4 Å². The topological polar surface area (TPSA) is 18.5 Å². The Balaban J connectivity index is 2.26. The number of hydrogen-bond acceptors (Lipinski definition) is 2. The summed E-state index contributed by atoms with van der Waals surface area (Å²) in [5.41, 5.74) is 0.0179. The fourth-order valence-electron chi connectivity index (χ4n) is 2.06. The molecule has 0 amide bonds. The zero-order valence-corrected chi connectivity index (χ0v) is 6.76. The van der Waals surface area contributed by atoms with Crippen molar-refractivity contribution in [2.45, 2.75) is 38.6 Å². The van der Waals surface area contributed by atoms with Gasteiger partial charge in [0, 0.05) is 5.92 Å². The molecule has 0 spiro atoms. The van der Waals surface area contributed by atoms with E-state index in [4.69, 9.17) is 9.47 Å². The van der Waals surface area contributed by atoms with Gasteiger partial charge < -0.3 is 9.47 Å². The lowest BCUT2D eigenvalue weighted by atomic mass is 9.92. The predicted molar refractivity (Wildman–Crippen MR) is 37.9 cm³/mol. The second-order valence-electron chi connectivity index (χ2n) is 3.70. The Morgan fingerprint density at radius 3 is 2.30 bits per heavy atom. The molecule has 2 aliphatic heterocycles. The first-order valence-corrected chi connectivity index (χ1v) is 3.93. The molecule has 2 heterocycles. The summed E-state index contributed by atoms with van der Waals surface area (Å²) in [5, 5.41) is 0. The SMILES string of the molecule is CC1OC2(C)COC1C2C. The van der Waals surface area contributed by atoms with E-state index in [1.165, 1.54) is 0 Å². The van der Waals surface area contributed by atoms with E-state index < -0.39 is 0 Å². The minimum atomic E-state index is 0.0179. The molecule has 0 aliphatic carbocycles. The molecule has 4 unspecified atom stereocenters. The molecule has 2 fully saturated rings. The molecule has 2 saturated heterocycles. The zero-order valence-electron chi connectivity index (χ0n) is 6.76. The molecular weight excluding hydrogens is 128 g/mol. The Labute approximate surface area is 61.5 Å². The molecule has 0 aromatic rings. The lowest BCUT2D eigenvalue weighted by molar-refractivity contribution is -0.128. The van der Waals surface area contributed by atoms with E-state index in [2.05, 4.69) is 20.8 Å². The monoisotopic (exact) mass is 142 g/mol. The van der Waals surface area contributed by atoms with Crippen LogP contribution in [-0.2, 0) is 9.47 Å². The van der Waals surface area contributed by atoms with Crippen LogP contribution in [0.1, 0.15) is 20.8 Å². The van der Waals surface area contributed by atoms with E-state index in [1.807, 2.05) is 0 Å². The summed E-state index contributed by atoms with van der Waals surface area (Å²) in [5.74, 6) is 0.572. The van der Waals surface area contributed by atoms with Crippen LogP contribution in [-0.4, -0.2) is 24.4 Å². The van der Waals surface area contributed by atoms with Gasteiger partial charge in [-0.25, -0.2) is 0 Å². The normalized spacial score (nSPS) is 59.7. The maximum atomic E-state index is 5.73. The van der Waals surface area contributed by atoms with Crippen LogP contribution in [0.3, 0.4) is 0 Å². The van der Waals surface area contributed by atoms with Crippen LogP contribution in [0.5, 0.6) is 0 Å². The van der Waals surface area contributed by atoms with Crippen molar-refractivity contribution in [1.29, 1.82) is 0 Å². The maximum absolute atomic E-state index is 5.73. The fourth-order valence-corrected chi connectivity index (χ4v) is 2.06. The van der Waals surface area contributed by atoms with Gasteiger partial charge in [-0.15, -0.1) is 0 Å². The van der Waals surface area contributed by atoms with E-state index >= 15 is 0 Å². The highest BCUT2D eigenvalue weighted by atomic mass is 16.6. The molecule has 4 atom stereocenters. The van der Waals surface area contributed by atoms with Crippen LogP contribution in [0.15, 0.2) is 0 Å². The lowest BCUT2D eigenvalue weighted by Gasteiger charge is -2.25. The second-order valence-corrected chi connectivity index (χ2v) is 3.70. The van der Waals surface area contributed by atoms with Gasteiger partial charge in [0.1, 0.15) is 0 Å². The van der Waals surface area contributed by atoms with Gasteiger partial charge in [0.25, 0.3) is 0 Å². The van der Waals surface area contributed by atoms with Crippen molar-refractivity contribution in [2.75, 3.05) is 6.61 Å². The van der Waals surface area contributed by atoms with Gasteiger partial charge in [0.15, 0.2) is 0 Å². The van der Waals surface area contributed by atoms with Crippen molar-refractivity contribution in [1.82, 2.24) is 0 Å². The average molecular weight is 142 g/mol. The molecule has 0 radical (unpaired) electrons. The molecule has 58 valence electrons. The molecule has 2 nitrogen and oxygen atoms in total. The quantitative estimate of drug-likeness (QED) is 0.506. The van der Waals surface area contributed by atoms with Gasteiger partial charge in [-0.2, -0.15) is 0 Å². The van der Waals surface area contributed by atoms with Gasteiger partial charge in [-0.1, -0.05) is 6.92 Å². The van der Waals surface area contributed by atoms with Crippen LogP contribution in [0.25, 0.3) is 0 Å². The van der Waals surface area contributed by atoms with E-state index in [9.17, 15) is 0 Å². The van der Waals surface area contributed by atoms with Crippen molar-refractivity contribution in [2.24, 2.45) is 5.92 Å². The third-order valence-electron chi connectivity index (χ3n) is 2.94. The zero-order chi connectivity index (χ0) is 7.35. The Hall–Kier alpha value is -0.0800. The minimum Gasteiger partial charge on any atom is -0.372 e. The number of rotatable bonds is 0. The predicted octanol–water partition coefficient (Wildman–Crippen LogP) is 1.20. The number of hydrogen-bond donors (Lipinski definition) is 0. The minimum absolute atomic E-state index is 0.0179. The second kappa shape index (κ2) is 1.74. The largest absolute Gasteiger partial charge is 0.372 e. The maximum Gasteiger partial charge on any atom is 0.0942 e.